The van der Waals surface area contributed by atoms with E-state index in [0.717, 1.165) is 36.3 Å². The van der Waals surface area contributed by atoms with Gasteiger partial charge < -0.3 is 10.2 Å². The Hall–Kier alpha value is -1.51. The van der Waals surface area contributed by atoms with E-state index in [0.29, 0.717) is 38.6 Å². The zero-order valence-electron chi connectivity index (χ0n) is 17.1. The van der Waals surface area contributed by atoms with Crippen molar-refractivity contribution in [1.82, 2.24) is 9.62 Å². The Morgan fingerprint density at radius 1 is 1.14 bits per heavy atom. The number of amides is 1. The maximum Gasteiger partial charge on any atom is 0.275 e. The van der Waals surface area contributed by atoms with Crippen molar-refractivity contribution in [3.63, 3.8) is 0 Å². The summed E-state index contributed by atoms with van der Waals surface area (Å²) in [6, 6.07) is 5.05. The van der Waals surface area contributed by atoms with Crippen molar-refractivity contribution in [1.29, 1.82) is 0 Å². The summed E-state index contributed by atoms with van der Waals surface area (Å²) in [5, 5.41) is 3.05. The molecule has 28 heavy (non-hydrogen) atoms. The second-order valence-corrected chi connectivity index (χ2v) is 10.0. The van der Waals surface area contributed by atoms with Crippen molar-refractivity contribution < 1.29 is 22.5 Å². The highest BCUT2D eigenvalue weighted by Crippen LogP contribution is 2.16. The molecule has 0 bridgehead atoms. The highest BCUT2D eigenvalue weighted by Gasteiger charge is 2.31. The Bertz CT molecular complexity index is 730. The number of carbonyl (C=O) groups is 1. The van der Waals surface area contributed by atoms with Crippen LogP contribution in [-0.2, 0) is 14.8 Å². The second-order valence-electron chi connectivity index (χ2n) is 8.08. The molecule has 1 heterocycles. The number of sulfonamides is 1. The van der Waals surface area contributed by atoms with Crippen molar-refractivity contribution in [2.24, 2.45) is 5.92 Å². The summed E-state index contributed by atoms with van der Waals surface area (Å²) in [7, 11) is -3.61. The van der Waals surface area contributed by atoms with Crippen molar-refractivity contribution in [3.8, 4) is 0 Å². The topological polar surface area (TPSA) is 70.9 Å². The van der Waals surface area contributed by atoms with Gasteiger partial charge in [0.15, 0.2) is 6.54 Å². The molecule has 0 saturated carbocycles. The largest absolute Gasteiger partial charge is 0.349 e. The van der Waals surface area contributed by atoms with Gasteiger partial charge in [-0.15, -0.1) is 0 Å². The van der Waals surface area contributed by atoms with E-state index in [1.165, 1.54) is 16.4 Å². The van der Waals surface area contributed by atoms with E-state index in [-0.39, 0.29) is 16.8 Å². The van der Waals surface area contributed by atoms with Crippen LogP contribution in [0.1, 0.15) is 40.0 Å². The highest BCUT2D eigenvalue weighted by atomic mass is 32.2. The van der Waals surface area contributed by atoms with E-state index in [9.17, 15) is 17.6 Å². The minimum absolute atomic E-state index is 0.0156. The zero-order chi connectivity index (χ0) is 20.7. The Morgan fingerprint density at radius 2 is 1.75 bits per heavy atom. The van der Waals surface area contributed by atoms with E-state index in [1.54, 1.807) is 0 Å². The predicted molar refractivity (Wildman–Crippen MR) is 107 cm³/mol. The van der Waals surface area contributed by atoms with Gasteiger partial charge in [0.2, 0.25) is 10.0 Å². The predicted octanol–water partition coefficient (Wildman–Crippen LogP) is 1.05. The van der Waals surface area contributed by atoms with Crippen LogP contribution in [0.4, 0.5) is 4.39 Å². The van der Waals surface area contributed by atoms with Crippen LogP contribution in [0.3, 0.4) is 0 Å². The molecule has 0 unspecified atom stereocenters. The van der Waals surface area contributed by atoms with E-state index in [2.05, 4.69) is 19.2 Å². The summed E-state index contributed by atoms with van der Waals surface area (Å²) in [6.07, 6.45) is 3.24. The number of nitrogens with one attached hydrogen (secondary N) is 2. The molecule has 158 valence electrons. The molecule has 1 aromatic rings. The van der Waals surface area contributed by atoms with E-state index in [1.807, 2.05) is 6.92 Å². The van der Waals surface area contributed by atoms with Crippen LogP contribution in [0, 0.1) is 11.7 Å². The molecule has 1 atom stereocenters. The number of piperazine rings is 1. The molecule has 1 aliphatic heterocycles. The van der Waals surface area contributed by atoms with E-state index >= 15 is 0 Å². The number of hydrogen-bond donors (Lipinski definition) is 2. The Labute approximate surface area is 168 Å². The average molecular weight is 415 g/mol. The van der Waals surface area contributed by atoms with E-state index < -0.39 is 15.8 Å². The first kappa shape index (κ1) is 22.8. The molecule has 6 nitrogen and oxygen atoms in total. The van der Waals surface area contributed by atoms with Gasteiger partial charge in [0.05, 0.1) is 31.1 Å². The van der Waals surface area contributed by atoms with Crippen molar-refractivity contribution in [3.05, 3.63) is 30.1 Å². The van der Waals surface area contributed by atoms with Crippen LogP contribution in [0.2, 0.25) is 0 Å². The lowest BCUT2D eigenvalue weighted by molar-refractivity contribution is -0.895. The smallest absolute Gasteiger partial charge is 0.275 e. The minimum atomic E-state index is -3.61. The number of benzene rings is 1. The summed E-state index contributed by atoms with van der Waals surface area (Å²) in [6.45, 7) is 8.65. The van der Waals surface area contributed by atoms with Crippen molar-refractivity contribution in [2.45, 2.75) is 51.0 Å². The molecule has 1 fully saturated rings. The Kier molecular flexibility index (Phi) is 8.39. The third-order valence-electron chi connectivity index (χ3n) is 5.12. The third kappa shape index (κ3) is 6.83. The fraction of sp³-hybridized carbons (Fsp3) is 0.650. The SMILES string of the molecule is CC(C)CCC[C@H](C)NC(=O)C[NH+]1CCN(S(=O)(=O)c2ccc(F)cc2)CC1. The number of rotatable bonds is 9. The van der Waals surface area contributed by atoms with Crippen LogP contribution in [0.25, 0.3) is 0 Å². The molecular formula is C20H33FN3O3S+. The summed E-state index contributed by atoms with van der Waals surface area (Å²) in [4.78, 5) is 13.4. The minimum Gasteiger partial charge on any atom is -0.349 e. The monoisotopic (exact) mass is 414 g/mol. The molecule has 1 aliphatic rings. The normalized spacial score (nSPS) is 17.6. The molecule has 2 N–H and O–H groups in total. The first-order chi connectivity index (χ1) is 13.2. The summed E-state index contributed by atoms with van der Waals surface area (Å²) in [5.74, 6) is 0.231. The van der Waals surface area contributed by atoms with Crippen LogP contribution in [0.15, 0.2) is 29.2 Å². The molecule has 2 rings (SSSR count). The molecule has 8 heteroatoms. The maximum atomic E-state index is 13.0. The highest BCUT2D eigenvalue weighted by molar-refractivity contribution is 7.89. The lowest BCUT2D eigenvalue weighted by atomic mass is 10.0. The Morgan fingerprint density at radius 3 is 2.32 bits per heavy atom. The average Bonchev–Trinajstić information content (AvgIpc) is 2.62. The number of carbonyl (C=O) groups excluding carboxylic acids is 1. The summed E-state index contributed by atoms with van der Waals surface area (Å²) in [5.41, 5.74) is 0. The summed E-state index contributed by atoms with van der Waals surface area (Å²) >= 11 is 0. The van der Waals surface area contributed by atoms with Crippen LogP contribution in [0.5, 0.6) is 0 Å². The lowest BCUT2D eigenvalue weighted by Gasteiger charge is -2.31. The van der Waals surface area contributed by atoms with Gasteiger partial charge in [0.1, 0.15) is 5.82 Å². The molecule has 0 aromatic heterocycles. The van der Waals surface area contributed by atoms with Crippen LogP contribution in [-0.4, -0.2) is 57.4 Å². The van der Waals surface area contributed by atoms with Gasteiger partial charge in [-0.05, 0) is 43.5 Å². The zero-order valence-corrected chi connectivity index (χ0v) is 17.9. The number of halogens is 1. The summed E-state index contributed by atoms with van der Waals surface area (Å²) < 4.78 is 39.7. The van der Waals surface area contributed by atoms with Crippen LogP contribution < -0.4 is 10.2 Å². The standard InChI is InChI=1S/C20H32FN3O3S/c1-16(2)5-4-6-17(3)22-20(25)15-23-11-13-24(14-12-23)28(26,27)19-9-7-18(21)8-10-19/h7-10,16-17H,4-6,11-15H2,1-3H3,(H,22,25)/p+1/t17-/m0/s1. The van der Waals surface area contributed by atoms with Gasteiger partial charge in [-0.25, -0.2) is 12.8 Å². The molecule has 0 aliphatic carbocycles. The second kappa shape index (κ2) is 10.3. The van der Waals surface area contributed by atoms with Gasteiger partial charge >= 0.3 is 0 Å². The number of quaternary nitrogens is 1. The van der Waals surface area contributed by atoms with Crippen LogP contribution >= 0.6 is 0 Å². The quantitative estimate of drug-likeness (QED) is 0.635. The molecule has 1 saturated heterocycles. The fourth-order valence-electron chi connectivity index (χ4n) is 3.43. The van der Waals surface area contributed by atoms with E-state index in [4.69, 9.17) is 0 Å². The third-order valence-corrected chi connectivity index (χ3v) is 7.03. The lowest BCUT2D eigenvalue weighted by Crippen LogP contribution is -3.15. The van der Waals surface area contributed by atoms with Gasteiger partial charge in [-0.1, -0.05) is 26.7 Å². The molecular weight excluding hydrogens is 381 g/mol. The molecule has 1 amide bonds. The van der Waals surface area contributed by atoms with Crippen molar-refractivity contribution >= 4 is 15.9 Å². The molecule has 0 radical (unpaired) electrons. The first-order valence-corrected chi connectivity index (χ1v) is 11.5. The Balaban J connectivity index is 1.77. The number of hydrogen-bond acceptors (Lipinski definition) is 3. The van der Waals surface area contributed by atoms with Gasteiger partial charge in [0.25, 0.3) is 5.91 Å². The first-order valence-electron chi connectivity index (χ1n) is 10.1. The van der Waals surface area contributed by atoms with Crippen molar-refractivity contribution in [2.75, 3.05) is 32.7 Å². The maximum absolute atomic E-state index is 13.0. The van der Waals surface area contributed by atoms with Gasteiger partial charge in [-0.2, -0.15) is 4.31 Å². The van der Waals surface area contributed by atoms with Gasteiger partial charge in [-0.3, -0.25) is 4.79 Å². The fourth-order valence-corrected chi connectivity index (χ4v) is 4.87. The number of nitrogens with zero attached hydrogens (tertiary/aromatic N) is 1. The molecule has 1 aromatic carbocycles. The molecule has 0 spiro atoms. The van der Waals surface area contributed by atoms with Gasteiger partial charge in [0, 0.05) is 6.04 Å².